The number of unbranched alkanes of at least 4 members (excludes halogenated alkanes) is 1. The Kier molecular flexibility index (Phi) is 6.64. The van der Waals surface area contributed by atoms with Crippen LogP contribution in [-0.2, 0) is 11.2 Å². The number of nitrogen functional groups attached to an aromatic ring is 1. The molecule has 3 aromatic heterocycles. The zero-order valence-electron chi connectivity index (χ0n) is 17.2. The van der Waals surface area contributed by atoms with Crippen LogP contribution in [0.1, 0.15) is 49.2 Å². The smallest absolute Gasteiger partial charge is 0.152 e. The monoisotopic (exact) mass is 416 g/mol. The van der Waals surface area contributed by atoms with E-state index in [2.05, 4.69) is 27.9 Å². The molecule has 4 rings (SSSR count). The maximum absolute atomic E-state index is 6.22. The van der Waals surface area contributed by atoms with E-state index in [4.69, 9.17) is 21.2 Å². The van der Waals surface area contributed by atoms with Crippen molar-refractivity contribution in [3.8, 4) is 0 Å². The van der Waals surface area contributed by atoms with Gasteiger partial charge in [-0.1, -0.05) is 13.3 Å². The maximum atomic E-state index is 6.22. The second kappa shape index (κ2) is 9.38. The SMILES string of the molecule is CCCCc1nc2c(N)nc3cc(C4CCN(CCOCCN)CC4)sc3c2[nH]1. The summed E-state index contributed by atoms with van der Waals surface area (Å²) in [7, 11) is 0. The van der Waals surface area contributed by atoms with Crippen molar-refractivity contribution in [1.82, 2.24) is 19.9 Å². The van der Waals surface area contributed by atoms with Crippen molar-refractivity contribution in [2.24, 2.45) is 5.73 Å². The van der Waals surface area contributed by atoms with Crippen molar-refractivity contribution in [3.63, 3.8) is 0 Å². The molecule has 0 aliphatic carbocycles. The number of likely N-dealkylation sites (tertiary alicyclic amines) is 1. The Morgan fingerprint density at radius 2 is 2.10 bits per heavy atom. The van der Waals surface area contributed by atoms with Crippen LogP contribution in [0.2, 0.25) is 0 Å². The Labute approximate surface area is 175 Å². The predicted molar refractivity (Wildman–Crippen MR) is 121 cm³/mol. The number of aromatic nitrogens is 3. The summed E-state index contributed by atoms with van der Waals surface area (Å²) in [5.41, 5.74) is 14.6. The van der Waals surface area contributed by atoms with Crippen LogP contribution >= 0.6 is 11.3 Å². The van der Waals surface area contributed by atoms with E-state index < -0.39 is 0 Å². The van der Waals surface area contributed by atoms with Gasteiger partial charge in [0.25, 0.3) is 0 Å². The number of piperidine rings is 1. The average Bonchev–Trinajstić information content (AvgIpc) is 3.35. The molecule has 0 atom stereocenters. The summed E-state index contributed by atoms with van der Waals surface area (Å²) >= 11 is 1.86. The van der Waals surface area contributed by atoms with Gasteiger partial charge in [0.15, 0.2) is 5.82 Å². The minimum atomic E-state index is 0.531. The number of nitrogens with two attached hydrogens (primary N) is 2. The minimum absolute atomic E-state index is 0.531. The predicted octanol–water partition coefficient (Wildman–Crippen LogP) is 3.25. The number of fused-ring (bicyclic) bond motifs is 3. The van der Waals surface area contributed by atoms with Crippen LogP contribution in [-0.4, -0.2) is 59.2 Å². The Morgan fingerprint density at radius 1 is 1.28 bits per heavy atom. The molecule has 3 aromatic rings. The van der Waals surface area contributed by atoms with E-state index >= 15 is 0 Å². The topological polar surface area (TPSA) is 106 Å². The molecule has 5 N–H and O–H groups in total. The Hall–Kier alpha value is -1.74. The Morgan fingerprint density at radius 3 is 2.86 bits per heavy atom. The summed E-state index contributed by atoms with van der Waals surface area (Å²) < 4.78 is 6.71. The number of hydrogen-bond donors (Lipinski definition) is 3. The standard InChI is InChI=1S/C21H32N6OS/c1-2-3-4-17-25-18-19(26-17)21(23)24-15-13-16(29-20(15)18)14-5-8-27(9-6-14)10-12-28-11-7-22/h13-14H,2-12,22H2,1H3,(H2,23,24)(H,25,26). The molecular weight excluding hydrogens is 384 g/mol. The van der Waals surface area contributed by atoms with E-state index in [-0.39, 0.29) is 0 Å². The molecular formula is C21H32N6OS. The summed E-state index contributed by atoms with van der Waals surface area (Å²) in [6.07, 6.45) is 5.58. The quantitative estimate of drug-likeness (QED) is 0.462. The summed E-state index contributed by atoms with van der Waals surface area (Å²) in [5, 5.41) is 0. The van der Waals surface area contributed by atoms with Gasteiger partial charge in [-0.05, 0) is 44.3 Å². The van der Waals surface area contributed by atoms with Crippen LogP contribution < -0.4 is 11.5 Å². The van der Waals surface area contributed by atoms with Crippen molar-refractivity contribution in [2.75, 3.05) is 45.1 Å². The van der Waals surface area contributed by atoms with Crippen molar-refractivity contribution in [2.45, 2.75) is 44.9 Å². The Balaban J connectivity index is 1.48. The summed E-state index contributed by atoms with van der Waals surface area (Å²) in [4.78, 5) is 16.8. The third-order valence-corrected chi connectivity index (χ3v) is 7.07. The molecule has 0 saturated carbocycles. The number of imidazole rings is 1. The van der Waals surface area contributed by atoms with E-state index in [1.807, 2.05) is 11.3 Å². The number of H-pyrrole nitrogens is 1. The molecule has 0 aromatic carbocycles. The number of ether oxygens (including phenoxy) is 1. The number of aryl methyl sites for hydroxylation is 1. The Bertz CT molecular complexity index is 944. The van der Waals surface area contributed by atoms with E-state index in [9.17, 15) is 0 Å². The summed E-state index contributed by atoms with van der Waals surface area (Å²) in [6.45, 7) is 7.43. The van der Waals surface area contributed by atoms with E-state index in [1.165, 1.54) is 22.4 Å². The lowest BCUT2D eigenvalue weighted by atomic mass is 9.95. The second-order valence-electron chi connectivity index (χ2n) is 7.89. The van der Waals surface area contributed by atoms with E-state index in [0.717, 1.165) is 67.9 Å². The van der Waals surface area contributed by atoms with Crippen LogP contribution in [0.5, 0.6) is 0 Å². The molecule has 4 heterocycles. The molecule has 0 bridgehead atoms. The van der Waals surface area contributed by atoms with Crippen LogP contribution in [0.4, 0.5) is 5.82 Å². The highest BCUT2D eigenvalue weighted by Crippen LogP contribution is 2.39. The molecule has 8 heteroatoms. The molecule has 29 heavy (non-hydrogen) atoms. The van der Waals surface area contributed by atoms with Crippen molar-refractivity contribution >= 4 is 38.4 Å². The van der Waals surface area contributed by atoms with Gasteiger partial charge in [-0.3, -0.25) is 0 Å². The van der Waals surface area contributed by atoms with Gasteiger partial charge in [0.2, 0.25) is 0 Å². The molecule has 1 fully saturated rings. The summed E-state index contributed by atoms with van der Waals surface area (Å²) in [5.74, 6) is 2.14. The lowest BCUT2D eigenvalue weighted by Crippen LogP contribution is -2.35. The van der Waals surface area contributed by atoms with Crippen molar-refractivity contribution in [1.29, 1.82) is 0 Å². The molecule has 1 aliphatic heterocycles. The van der Waals surface area contributed by atoms with Gasteiger partial charge in [0.1, 0.15) is 11.3 Å². The molecule has 0 spiro atoms. The third-order valence-electron chi connectivity index (χ3n) is 5.77. The number of nitrogens with zero attached hydrogens (tertiary/aromatic N) is 3. The first-order valence-electron chi connectivity index (χ1n) is 10.8. The fraction of sp³-hybridized carbons (Fsp3) is 0.619. The highest BCUT2D eigenvalue weighted by molar-refractivity contribution is 7.20. The molecule has 0 radical (unpaired) electrons. The van der Waals surface area contributed by atoms with Crippen LogP contribution in [0.25, 0.3) is 21.3 Å². The van der Waals surface area contributed by atoms with Gasteiger partial charge >= 0.3 is 0 Å². The number of rotatable bonds is 9. The van der Waals surface area contributed by atoms with Gasteiger partial charge < -0.3 is 26.1 Å². The second-order valence-corrected chi connectivity index (χ2v) is 8.97. The van der Waals surface area contributed by atoms with Crippen LogP contribution in [0, 0.1) is 0 Å². The van der Waals surface area contributed by atoms with Crippen molar-refractivity contribution < 1.29 is 4.74 Å². The highest BCUT2D eigenvalue weighted by Gasteiger charge is 2.23. The molecule has 7 nitrogen and oxygen atoms in total. The first-order chi connectivity index (χ1) is 14.2. The van der Waals surface area contributed by atoms with E-state index in [1.54, 1.807) is 0 Å². The number of anilines is 1. The number of thiophene rings is 1. The van der Waals surface area contributed by atoms with Crippen LogP contribution in [0.3, 0.4) is 0 Å². The van der Waals surface area contributed by atoms with Crippen LogP contribution in [0.15, 0.2) is 6.07 Å². The first-order valence-corrected chi connectivity index (χ1v) is 11.6. The normalized spacial score (nSPS) is 16.3. The molecule has 0 unspecified atom stereocenters. The number of aromatic amines is 1. The highest BCUT2D eigenvalue weighted by atomic mass is 32.1. The fourth-order valence-corrected chi connectivity index (χ4v) is 5.37. The van der Waals surface area contributed by atoms with E-state index in [0.29, 0.717) is 24.9 Å². The summed E-state index contributed by atoms with van der Waals surface area (Å²) in [6, 6.07) is 2.24. The van der Waals surface area contributed by atoms with Gasteiger partial charge in [0.05, 0.1) is 28.9 Å². The first kappa shape index (κ1) is 20.5. The lowest BCUT2D eigenvalue weighted by Gasteiger charge is -2.31. The molecule has 0 amide bonds. The van der Waals surface area contributed by atoms with Gasteiger partial charge in [-0.15, -0.1) is 11.3 Å². The van der Waals surface area contributed by atoms with Crippen molar-refractivity contribution in [3.05, 3.63) is 16.8 Å². The molecule has 1 saturated heterocycles. The zero-order valence-corrected chi connectivity index (χ0v) is 18.1. The molecule has 158 valence electrons. The fourth-order valence-electron chi connectivity index (χ4n) is 4.10. The van der Waals surface area contributed by atoms with Gasteiger partial charge in [-0.25, -0.2) is 9.97 Å². The van der Waals surface area contributed by atoms with Gasteiger partial charge in [-0.2, -0.15) is 0 Å². The zero-order chi connectivity index (χ0) is 20.2. The third kappa shape index (κ3) is 4.55. The number of hydrogen-bond acceptors (Lipinski definition) is 7. The number of nitrogens with one attached hydrogen (secondary N) is 1. The lowest BCUT2D eigenvalue weighted by molar-refractivity contribution is 0.0986. The average molecular weight is 417 g/mol. The minimum Gasteiger partial charge on any atom is -0.382 e. The number of pyridine rings is 1. The molecule has 1 aliphatic rings. The maximum Gasteiger partial charge on any atom is 0.152 e. The van der Waals surface area contributed by atoms with Gasteiger partial charge in [0, 0.05) is 24.4 Å². The largest absolute Gasteiger partial charge is 0.382 e.